The first-order chi connectivity index (χ1) is 9.26. The summed E-state index contributed by atoms with van der Waals surface area (Å²) in [6.45, 7) is 13.0. The molecule has 0 aromatic carbocycles. The van der Waals surface area contributed by atoms with E-state index in [9.17, 15) is 0 Å². The molecule has 0 bridgehead atoms. The first kappa shape index (κ1) is 17.0. The molecule has 0 aromatic heterocycles. The molecule has 2 nitrogen and oxygen atoms in total. The molecule has 0 saturated heterocycles. The predicted molar refractivity (Wildman–Crippen MR) is 85.7 cm³/mol. The van der Waals surface area contributed by atoms with Crippen LogP contribution in [0.25, 0.3) is 0 Å². The van der Waals surface area contributed by atoms with Crippen LogP contribution in [0.3, 0.4) is 0 Å². The van der Waals surface area contributed by atoms with Crippen molar-refractivity contribution in [2.45, 2.75) is 84.7 Å². The van der Waals surface area contributed by atoms with Crippen LogP contribution in [0.15, 0.2) is 0 Å². The largest absolute Gasteiger partial charge is 0.312 e. The van der Waals surface area contributed by atoms with Gasteiger partial charge in [0.1, 0.15) is 0 Å². The van der Waals surface area contributed by atoms with Gasteiger partial charge in [-0.2, -0.15) is 0 Å². The van der Waals surface area contributed by atoms with E-state index in [1.54, 1.807) is 0 Å². The second kappa shape index (κ2) is 9.77. The zero-order valence-electron chi connectivity index (χ0n) is 13.8. The molecular weight excluding hydrogens is 232 g/mol. The Morgan fingerprint density at radius 2 is 1.84 bits per heavy atom. The molecule has 0 heterocycles. The van der Waals surface area contributed by atoms with Gasteiger partial charge in [0.05, 0.1) is 0 Å². The van der Waals surface area contributed by atoms with Crippen molar-refractivity contribution in [1.29, 1.82) is 0 Å². The van der Waals surface area contributed by atoms with Crippen molar-refractivity contribution in [3.63, 3.8) is 0 Å². The van der Waals surface area contributed by atoms with Crippen molar-refractivity contribution >= 4 is 0 Å². The van der Waals surface area contributed by atoms with Crippen LogP contribution in [0.4, 0.5) is 0 Å². The predicted octanol–water partition coefficient (Wildman–Crippen LogP) is 4.06. The van der Waals surface area contributed by atoms with Crippen LogP contribution in [0.2, 0.25) is 0 Å². The Hall–Kier alpha value is -0.0800. The van der Waals surface area contributed by atoms with Crippen LogP contribution in [0, 0.1) is 5.92 Å². The van der Waals surface area contributed by atoms with Gasteiger partial charge in [-0.15, -0.1) is 0 Å². The normalized spacial score (nSPS) is 19.4. The molecule has 1 rings (SSSR count). The van der Waals surface area contributed by atoms with Gasteiger partial charge >= 0.3 is 0 Å². The fraction of sp³-hybridized carbons (Fsp3) is 1.00. The quantitative estimate of drug-likeness (QED) is 0.608. The van der Waals surface area contributed by atoms with Crippen LogP contribution in [0.1, 0.15) is 72.6 Å². The van der Waals surface area contributed by atoms with Crippen LogP contribution in [0.5, 0.6) is 0 Å². The van der Waals surface area contributed by atoms with Gasteiger partial charge in [0.25, 0.3) is 0 Å². The number of nitrogens with one attached hydrogen (secondary N) is 1. The summed E-state index contributed by atoms with van der Waals surface area (Å²) >= 11 is 0. The van der Waals surface area contributed by atoms with Gasteiger partial charge in [0.15, 0.2) is 0 Å². The molecular formula is C17H36N2. The van der Waals surface area contributed by atoms with E-state index in [0.717, 1.165) is 12.0 Å². The number of likely N-dealkylation sites (N-methyl/N-ethyl adjacent to an activating group) is 1. The molecule has 1 N–H and O–H groups in total. The summed E-state index contributed by atoms with van der Waals surface area (Å²) in [4.78, 5) is 2.76. The Balaban J connectivity index is 2.56. The lowest BCUT2D eigenvalue weighted by molar-refractivity contribution is 0.107. The van der Waals surface area contributed by atoms with Gasteiger partial charge < -0.3 is 5.32 Å². The Morgan fingerprint density at radius 1 is 1.11 bits per heavy atom. The third kappa shape index (κ3) is 5.43. The highest BCUT2D eigenvalue weighted by atomic mass is 15.2. The molecule has 2 unspecified atom stereocenters. The standard InChI is InChI=1S/C17H36N2/c1-5-10-16(18-13-6-2)17(7-3)19(8-4)14-15-11-9-12-15/h15-18H,5-14H2,1-4H3. The number of rotatable bonds is 11. The second-order valence-electron chi connectivity index (χ2n) is 6.21. The molecule has 1 aliphatic carbocycles. The van der Waals surface area contributed by atoms with Crippen molar-refractivity contribution < 1.29 is 0 Å². The van der Waals surface area contributed by atoms with Crippen molar-refractivity contribution in [2.24, 2.45) is 5.92 Å². The van der Waals surface area contributed by atoms with E-state index >= 15 is 0 Å². The first-order valence-electron chi connectivity index (χ1n) is 8.74. The lowest BCUT2D eigenvalue weighted by Gasteiger charge is -2.40. The lowest BCUT2D eigenvalue weighted by atomic mass is 9.84. The molecule has 0 spiro atoms. The summed E-state index contributed by atoms with van der Waals surface area (Å²) < 4.78 is 0. The van der Waals surface area contributed by atoms with E-state index in [-0.39, 0.29) is 0 Å². The Bertz CT molecular complexity index is 211. The number of hydrogen-bond acceptors (Lipinski definition) is 2. The van der Waals surface area contributed by atoms with Gasteiger partial charge in [0.2, 0.25) is 0 Å². The molecule has 1 aliphatic rings. The summed E-state index contributed by atoms with van der Waals surface area (Å²) in [5.41, 5.74) is 0. The summed E-state index contributed by atoms with van der Waals surface area (Å²) in [6, 6.07) is 1.42. The molecule has 114 valence electrons. The zero-order chi connectivity index (χ0) is 14.1. The molecule has 1 saturated carbocycles. The SMILES string of the molecule is CCCNC(CCC)C(CC)N(CC)CC1CCC1. The van der Waals surface area contributed by atoms with Crippen molar-refractivity contribution in [1.82, 2.24) is 10.2 Å². The molecule has 0 radical (unpaired) electrons. The summed E-state index contributed by atoms with van der Waals surface area (Å²) in [7, 11) is 0. The van der Waals surface area contributed by atoms with Crippen molar-refractivity contribution in [3.8, 4) is 0 Å². The van der Waals surface area contributed by atoms with Crippen molar-refractivity contribution in [2.75, 3.05) is 19.6 Å². The van der Waals surface area contributed by atoms with Crippen LogP contribution in [-0.2, 0) is 0 Å². The molecule has 1 fully saturated rings. The van der Waals surface area contributed by atoms with E-state index in [1.165, 1.54) is 64.6 Å². The van der Waals surface area contributed by atoms with E-state index in [1.807, 2.05) is 0 Å². The maximum atomic E-state index is 3.80. The number of hydrogen-bond donors (Lipinski definition) is 1. The summed E-state index contributed by atoms with van der Waals surface area (Å²) in [6.07, 6.45) is 9.53. The van der Waals surface area contributed by atoms with Gasteiger partial charge in [-0.05, 0) is 51.1 Å². The Labute approximate surface area is 121 Å². The van der Waals surface area contributed by atoms with Crippen molar-refractivity contribution in [3.05, 3.63) is 0 Å². The summed E-state index contributed by atoms with van der Waals surface area (Å²) in [5, 5.41) is 3.80. The van der Waals surface area contributed by atoms with E-state index < -0.39 is 0 Å². The monoisotopic (exact) mass is 268 g/mol. The molecule has 2 heteroatoms. The minimum atomic E-state index is 0.690. The van der Waals surface area contributed by atoms with Crippen LogP contribution in [-0.4, -0.2) is 36.6 Å². The number of nitrogens with zero attached hydrogens (tertiary/aromatic N) is 1. The topological polar surface area (TPSA) is 15.3 Å². The smallest absolute Gasteiger partial charge is 0.0246 e. The van der Waals surface area contributed by atoms with E-state index in [4.69, 9.17) is 0 Å². The molecule has 0 amide bonds. The van der Waals surface area contributed by atoms with E-state index in [0.29, 0.717) is 6.04 Å². The molecule has 0 aliphatic heterocycles. The average molecular weight is 268 g/mol. The maximum Gasteiger partial charge on any atom is 0.0246 e. The van der Waals surface area contributed by atoms with Gasteiger partial charge in [-0.25, -0.2) is 0 Å². The van der Waals surface area contributed by atoms with Gasteiger partial charge in [-0.1, -0.05) is 40.5 Å². The second-order valence-corrected chi connectivity index (χ2v) is 6.21. The lowest BCUT2D eigenvalue weighted by Crippen LogP contribution is -2.51. The maximum absolute atomic E-state index is 3.80. The molecule has 0 aromatic rings. The van der Waals surface area contributed by atoms with Crippen LogP contribution < -0.4 is 5.32 Å². The highest BCUT2D eigenvalue weighted by Gasteiger charge is 2.28. The third-order valence-corrected chi connectivity index (χ3v) is 4.73. The highest BCUT2D eigenvalue weighted by Crippen LogP contribution is 2.28. The van der Waals surface area contributed by atoms with Gasteiger partial charge in [0, 0.05) is 18.6 Å². The van der Waals surface area contributed by atoms with E-state index in [2.05, 4.69) is 37.9 Å². The average Bonchev–Trinajstić information content (AvgIpc) is 2.38. The minimum Gasteiger partial charge on any atom is -0.312 e. The Kier molecular flexibility index (Phi) is 8.72. The zero-order valence-corrected chi connectivity index (χ0v) is 13.8. The summed E-state index contributed by atoms with van der Waals surface area (Å²) in [5.74, 6) is 0.988. The Morgan fingerprint density at radius 3 is 2.26 bits per heavy atom. The first-order valence-corrected chi connectivity index (χ1v) is 8.74. The minimum absolute atomic E-state index is 0.690. The third-order valence-electron chi connectivity index (χ3n) is 4.73. The highest BCUT2D eigenvalue weighted by molar-refractivity contribution is 4.85. The fourth-order valence-electron chi connectivity index (χ4n) is 3.37. The van der Waals surface area contributed by atoms with Crippen LogP contribution >= 0.6 is 0 Å². The molecule has 19 heavy (non-hydrogen) atoms. The fourth-order valence-corrected chi connectivity index (χ4v) is 3.37. The van der Waals surface area contributed by atoms with Gasteiger partial charge in [-0.3, -0.25) is 4.90 Å². The molecule has 2 atom stereocenters.